The summed E-state index contributed by atoms with van der Waals surface area (Å²) >= 11 is 0. The molecule has 0 spiro atoms. The monoisotopic (exact) mass is 241 g/mol. The van der Waals surface area contributed by atoms with Gasteiger partial charge in [-0.15, -0.1) is 0 Å². The molecule has 4 heteroatoms. The van der Waals surface area contributed by atoms with Gasteiger partial charge in [0.15, 0.2) is 0 Å². The van der Waals surface area contributed by atoms with Crippen molar-refractivity contribution in [2.24, 2.45) is 0 Å². The third-order valence-corrected chi connectivity index (χ3v) is 4.14. The van der Waals surface area contributed by atoms with E-state index in [9.17, 15) is 13.2 Å². The highest BCUT2D eigenvalue weighted by Crippen LogP contribution is 2.48. The highest BCUT2D eigenvalue weighted by atomic mass is 19.4. The quantitative estimate of drug-likeness (QED) is 0.796. The molecule has 0 radical (unpaired) electrons. The molecule has 1 aliphatic heterocycles. The summed E-state index contributed by atoms with van der Waals surface area (Å²) in [7, 11) is 0. The molecule has 1 aromatic rings. The first kappa shape index (κ1) is 11.1. The number of halogens is 3. The summed E-state index contributed by atoms with van der Waals surface area (Å²) in [5, 5.41) is 3.31. The van der Waals surface area contributed by atoms with E-state index in [1.807, 2.05) is 0 Å². The van der Waals surface area contributed by atoms with E-state index in [-0.39, 0.29) is 5.41 Å². The average Bonchev–Trinajstić information content (AvgIpc) is 2.89. The molecule has 3 rings (SSSR count). The molecule has 1 saturated heterocycles. The summed E-state index contributed by atoms with van der Waals surface area (Å²) in [5.41, 5.74) is -0.249. The Bertz CT molecular complexity index is 431. The minimum atomic E-state index is -4.24. The Morgan fingerprint density at radius 2 is 2.00 bits per heavy atom. The van der Waals surface area contributed by atoms with Crippen molar-refractivity contribution in [3.05, 3.63) is 35.4 Å². The zero-order valence-electron chi connectivity index (χ0n) is 9.35. The third kappa shape index (κ3) is 1.66. The van der Waals surface area contributed by atoms with Gasteiger partial charge in [-0.1, -0.05) is 18.2 Å². The van der Waals surface area contributed by atoms with Crippen LogP contribution < -0.4 is 5.32 Å². The van der Waals surface area contributed by atoms with Gasteiger partial charge in [-0.25, -0.2) is 0 Å². The molecule has 17 heavy (non-hydrogen) atoms. The van der Waals surface area contributed by atoms with E-state index in [2.05, 4.69) is 5.32 Å². The highest BCUT2D eigenvalue weighted by molar-refractivity contribution is 5.39. The van der Waals surface area contributed by atoms with E-state index in [1.54, 1.807) is 12.1 Å². The Labute approximate surface area is 98.0 Å². The zero-order valence-corrected chi connectivity index (χ0v) is 9.35. The molecule has 1 aromatic carbocycles. The lowest BCUT2D eigenvalue weighted by atomic mass is 9.77. The number of nitrogens with one attached hydrogen (secondary N) is 1. The van der Waals surface area contributed by atoms with Gasteiger partial charge in [-0.05, 0) is 30.9 Å². The molecule has 2 fully saturated rings. The smallest absolute Gasteiger partial charge is 0.313 e. The predicted molar refractivity (Wildman–Crippen MR) is 58.8 cm³/mol. The number of alkyl halides is 3. The van der Waals surface area contributed by atoms with Crippen LogP contribution in [0.1, 0.15) is 30.4 Å². The fourth-order valence-corrected chi connectivity index (χ4v) is 3.33. The van der Waals surface area contributed by atoms with Crippen LogP contribution in [-0.2, 0) is 11.6 Å². The van der Waals surface area contributed by atoms with Gasteiger partial charge in [0.25, 0.3) is 0 Å². The summed E-state index contributed by atoms with van der Waals surface area (Å²) in [5.74, 6) is 0. The lowest BCUT2D eigenvalue weighted by molar-refractivity contribution is -0.138. The van der Waals surface area contributed by atoms with E-state index in [0.717, 1.165) is 19.3 Å². The molecule has 1 aliphatic carbocycles. The number of hydrogen-bond acceptors (Lipinski definition) is 1. The molecular weight excluding hydrogens is 227 g/mol. The maximum absolute atomic E-state index is 13.0. The van der Waals surface area contributed by atoms with Crippen molar-refractivity contribution in [3.8, 4) is 0 Å². The third-order valence-electron chi connectivity index (χ3n) is 4.14. The zero-order chi connectivity index (χ0) is 12.1. The number of rotatable bonds is 1. The van der Waals surface area contributed by atoms with Crippen molar-refractivity contribution in [3.63, 3.8) is 0 Å². The van der Waals surface area contributed by atoms with Gasteiger partial charge in [-0.3, -0.25) is 0 Å². The molecule has 1 saturated carbocycles. The molecule has 2 bridgehead atoms. The van der Waals surface area contributed by atoms with Crippen LogP contribution in [0.4, 0.5) is 13.2 Å². The maximum Gasteiger partial charge on any atom is 0.416 e. The van der Waals surface area contributed by atoms with E-state index < -0.39 is 11.7 Å². The summed E-state index contributed by atoms with van der Waals surface area (Å²) in [4.78, 5) is 0. The minimum Gasteiger partial charge on any atom is -0.313 e. The van der Waals surface area contributed by atoms with Gasteiger partial charge < -0.3 is 5.32 Å². The van der Waals surface area contributed by atoms with E-state index in [1.165, 1.54) is 12.1 Å². The second kappa shape index (κ2) is 3.48. The van der Waals surface area contributed by atoms with E-state index in [0.29, 0.717) is 18.2 Å². The van der Waals surface area contributed by atoms with Crippen LogP contribution in [0.25, 0.3) is 0 Å². The molecule has 1 nitrogen and oxygen atoms in total. The number of fused-ring (bicyclic) bond motifs is 2. The van der Waals surface area contributed by atoms with Crippen molar-refractivity contribution in [1.82, 2.24) is 5.32 Å². The highest BCUT2D eigenvalue weighted by Gasteiger charge is 2.49. The molecule has 1 N–H and O–H groups in total. The summed E-state index contributed by atoms with van der Waals surface area (Å²) in [6.45, 7) is 0.685. The van der Waals surface area contributed by atoms with Crippen molar-refractivity contribution in [2.45, 2.75) is 36.9 Å². The fraction of sp³-hybridized carbons (Fsp3) is 0.538. The Hall–Kier alpha value is -1.03. The van der Waals surface area contributed by atoms with Crippen LogP contribution in [-0.4, -0.2) is 12.6 Å². The van der Waals surface area contributed by atoms with Gasteiger partial charge >= 0.3 is 6.18 Å². The van der Waals surface area contributed by atoms with Crippen LogP contribution in [0.15, 0.2) is 24.3 Å². The van der Waals surface area contributed by atoms with Crippen molar-refractivity contribution >= 4 is 0 Å². The Balaban J connectivity index is 2.09. The van der Waals surface area contributed by atoms with Crippen LogP contribution in [0.5, 0.6) is 0 Å². The van der Waals surface area contributed by atoms with Crippen molar-refractivity contribution in [1.29, 1.82) is 0 Å². The fourth-order valence-electron chi connectivity index (χ4n) is 3.33. The molecule has 2 atom stereocenters. The van der Waals surface area contributed by atoms with Crippen molar-refractivity contribution < 1.29 is 13.2 Å². The van der Waals surface area contributed by atoms with Gasteiger partial charge in [0.2, 0.25) is 0 Å². The van der Waals surface area contributed by atoms with Crippen LogP contribution >= 0.6 is 0 Å². The molecule has 0 aromatic heterocycles. The second-order valence-corrected chi connectivity index (χ2v) is 5.14. The van der Waals surface area contributed by atoms with Gasteiger partial charge in [0, 0.05) is 18.0 Å². The molecule has 0 amide bonds. The molecular formula is C13H14F3N. The first-order chi connectivity index (χ1) is 8.01. The van der Waals surface area contributed by atoms with Gasteiger partial charge in [0.1, 0.15) is 0 Å². The topological polar surface area (TPSA) is 12.0 Å². The van der Waals surface area contributed by atoms with Crippen LogP contribution in [0, 0.1) is 0 Å². The Morgan fingerprint density at radius 3 is 2.53 bits per heavy atom. The number of benzene rings is 1. The van der Waals surface area contributed by atoms with Crippen molar-refractivity contribution in [2.75, 3.05) is 6.54 Å². The molecule has 2 unspecified atom stereocenters. The Morgan fingerprint density at radius 1 is 1.24 bits per heavy atom. The summed E-state index contributed by atoms with van der Waals surface area (Å²) in [6, 6.07) is 6.45. The Kier molecular flexibility index (Phi) is 2.27. The van der Waals surface area contributed by atoms with Gasteiger partial charge in [0.05, 0.1) is 5.56 Å². The molecule has 2 aliphatic rings. The minimum absolute atomic E-state index is 0.281. The lowest BCUT2D eigenvalue weighted by Gasteiger charge is -2.29. The standard InChI is InChI=1S/C13H14F3N/c14-13(15,16)11-4-2-1-3-10(11)12-6-5-9(7-12)17-8-12/h1-4,9,17H,5-8H2. The SMILES string of the molecule is FC(F)(F)c1ccccc1C12CCC(C1)NC2. The first-order valence-electron chi connectivity index (χ1n) is 5.91. The lowest BCUT2D eigenvalue weighted by Crippen LogP contribution is -2.34. The van der Waals surface area contributed by atoms with Gasteiger partial charge in [-0.2, -0.15) is 13.2 Å². The predicted octanol–water partition coefficient (Wildman–Crippen LogP) is 3.10. The normalized spacial score (nSPS) is 32.1. The first-order valence-corrected chi connectivity index (χ1v) is 5.91. The van der Waals surface area contributed by atoms with E-state index in [4.69, 9.17) is 0 Å². The largest absolute Gasteiger partial charge is 0.416 e. The maximum atomic E-state index is 13.0. The number of hydrogen-bond donors (Lipinski definition) is 1. The number of piperidine rings is 1. The molecule has 1 heterocycles. The van der Waals surface area contributed by atoms with E-state index >= 15 is 0 Å². The average molecular weight is 241 g/mol. The summed E-state index contributed by atoms with van der Waals surface area (Å²) in [6.07, 6.45) is -1.53. The van der Waals surface area contributed by atoms with Crippen LogP contribution in [0.3, 0.4) is 0 Å². The second-order valence-electron chi connectivity index (χ2n) is 5.14. The molecule has 92 valence electrons. The summed E-state index contributed by atoms with van der Waals surface area (Å²) < 4.78 is 39.0. The van der Waals surface area contributed by atoms with Crippen LogP contribution in [0.2, 0.25) is 0 Å².